The zero-order chi connectivity index (χ0) is 11.4. The molecule has 0 bridgehead atoms. The third kappa shape index (κ3) is 2.64. The lowest BCUT2D eigenvalue weighted by molar-refractivity contribution is -0.127. The third-order valence-corrected chi connectivity index (χ3v) is 3.67. The van der Waals surface area contributed by atoms with Crippen LogP contribution in [0.2, 0.25) is 0 Å². The van der Waals surface area contributed by atoms with Gasteiger partial charge in [0.2, 0.25) is 5.91 Å². The maximum atomic E-state index is 12.2. The Hall–Kier alpha value is -0.830. The normalized spacial score (nSPS) is 22.1. The van der Waals surface area contributed by atoms with Crippen molar-refractivity contribution in [1.82, 2.24) is 10.2 Å². The smallest absolute Gasteiger partial charge is 0.249 e. The molecule has 0 aliphatic carbocycles. The second kappa shape index (κ2) is 5.48. The number of hydrogen-bond donors (Lipinski definition) is 1. The van der Waals surface area contributed by atoms with Gasteiger partial charge in [-0.05, 0) is 25.3 Å². The first-order valence-electron chi connectivity index (χ1n) is 6.47. The van der Waals surface area contributed by atoms with Crippen molar-refractivity contribution in [2.45, 2.75) is 39.0 Å². The maximum Gasteiger partial charge on any atom is 0.249 e. The molecule has 0 radical (unpaired) electrons. The SMILES string of the molecule is CC(C(=O)N1CCCCCCC1)=C1CNC1. The van der Waals surface area contributed by atoms with Crippen molar-refractivity contribution in [2.24, 2.45) is 0 Å². The first-order valence-corrected chi connectivity index (χ1v) is 6.47. The highest BCUT2D eigenvalue weighted by atomic mass is 16.2. The van der Waals surface area contributed by atoms with Gasteiger partial charge in [0.25, 0.3) is 0 Å². The second-order valence-electron chi connectivity index (χ2n) is 4.89. The molecule has 0 saturated carbocycles. The van der Waals surface area contributed by atoms with Gasteiger partial charge in [-0.1, -0.05) is 19.3 Å². The number of carbonyl (C=O) groups is 1. The Morgan fingerprint density at radius 1 is 1.06 bits per heavy atom. The molecule has 2 rings (SSSR count). The minimum atomic E-state index is 0.276. The van der Waals surface area contributed by atoms with Crippen LogP contribution in [0.4, 0.5) is 0 Å². The fourth-order valence-electron chi connectivity index (χ4n) is 2.35. The van der Waals surface area contributed by atoms with E-state index < -0.39 is 0 Å². The summed E-state index contributed by atoms with van der Waals surface area (Å²) in [7, 11) is 0. The van der Waals surface area contributed by atoms with Crippen LogP contribution in [0.1, 0.15) is 39.0 Å². The molecule has 0 aromatic rings. The molecule has 3 heteroatoms. The summed E-state index contributed by atoms with van der Waals surface area (Å²) < 4.78 is 0. The molecule has 0 atom stereocenters. The molecule has 2 saturated heterocycles. The van der Waals surface area contributed by atoms with Gasteiger partial charge in [0.1, 0.15) is 0 Å². The van der Waals surface area contributed by atoms with E-state index in [0.29, 0.717) is 0 Å². The zero-order valence-electron chi connectivity index (χ0n) is 10.2. The van der Waals surface area contributed by atoms with Crippen LogP contribution in [0, 0.1) is 0 Å². The molecule has 0 spiro atoms. The van der Waals surface area contributed by atoms with Crippen LogP contribution < -0.4 is 5.32 Å². The molecule has 1 N–H and O–H groups in total. The molecule has 1 amide bonds. The predicted molar refractivity (Wildman–Crippen MR) is 65.2 cm³/mol. The van der Waals surface area contributed by atoms with Crippen molar-refractivity contribution >= 4 is 5.91 Å². The highest BCUT2D eigenvalue weighted by Crippen LogP contribution is 2.16. The molecule has 2 aliphatic rings. The van der Waals surface area contributed by atoms with Crippen LogP contribution in [0.15, 0.2) is 11.1 Å². The van der Waals surface area contributed by atoms with E-state index in [0.717, 1.165) is 31.8 Å². The molecule has 2 aliphatic heterocycles. The molecule has 2 heterocycles. The molecular formula is C13H22N2O. The fourth-order valence-corrected chi connectivity index (χ4v) is 2.35. The van der Waals surface area contributed by atoms with Gasteiger partial charge in [0, 0.05) is 31.8 Å². The number of amides is 1. The number of rotatable bonds is 1. The van der Waals surface area contributed by atoms with Gasteiger partial charge < -0.3 is 10.2 Å². The Morgan fingerprint density at radius 2 is 1.62 bits per heavy atom. The lowest BCUT2D eigenvalue weighted by Crippen LogP contribution is -2.40. The Labute approximate surface area is 97.9 Å². The van der Waals surface area contributed by atoms with Crippen LogP contribution >= 0.6 is 0 Å². The summed E-state index contributed by atoms with van der Waals surface area (Å²) in [4.78, 5) is 14.3. The van der Waals surface area contributed by atoms with Crippen molar-refractivity contribution in [3.8, 4) is 0 Å². The third-order valence-electron chi connectivity index (χ3n) is 3.67. The summed E-state index contributed by atoms with van der Waals surface area (Å²) >= 11 is 0. The molecule has 0 unspecified atom stereocenters. The van der Waals surface area contributed by atoms with Crippen LogP contribution in [-0.2, 0) is 4.79 Å². The molecule has 16 heavy (non-hydrogen) atoms. The highest BCUT2D eigenvalue weighted by Gasteiger charge is 2.21. The van der Waals surface area contributed by atoms with E-state index in [9.17, 15) is 4.79 Å². The first-order chi connectivity index (χ1) is 7.79. The van der Waals surface area contributed by atoms with Gasteiger partial charge in [-0.3, -0.25) is 4.79 Å². The predicted octanol–water partition coefficient (Wildman–Crippen LogP) is 1.70. The molecule has 3 nitrogen and oxygen atoms in total. The van der Waals surface area contributed by atoms with E-state index in [-0.39, 0.29) is 5.91 Å². The molecule has 0 aromatic heterocycles. The fraction of sp³-hybridized carbons (Fsp3) is 0.769. The summed E-state index contributed by atoms with van der Waals surface area (Å²) in [5, 5.41) is 3.19. The summed E-state index contributed by atoms with van der Waals surface area (Å²) in [5.74, 6) is 0.276. The largest absolute Gasteiger partial charge is 0.339 e. The first kappa shape index (κ1) is 11.6. The average molecular weight is 222 g/mol. The monoisotopic (exact) mass is 222 g/mol. The number of nitrogens with zero attached hydrogens (tertiary/aromatic N) is 1. The van der Waals surface area contributed by atoms with Gasteiger partial charge in [0.15, 0.2) is 0 Å². The van der Waals surface area contributed by atoms with Crippen molar-refractivity contribution in [2.75, 3.05) is 26.2 Å². The lowest BCUT2D eigenvalue weighted by atomic mass is 10.0. The Balaban J connectivity index is 1.96. The molecular weight excluding hydrogens is 200 g/mol. The minimum Gasteiger partial charge on any atom is -0.339 e. The van der Waals surface area contributed by atoms with Crippen molar-refractivity contribution in [3.05, 3.63) is 11.1 Å². The minimum absolute atomic E-state index is 0.276. The van der Waals surface area contributed by atoms with Gasteiger partial charge in [-0.2, -0.15) is 0 Å². The van der Waals surface area contributed by atoms with Crippen molar-refractivity contribution < 1.29 is 4.79 Å². The van der Waals surface area contributed by atoms with E-state index in [1.807, 2.05) is 6.92 Å². The van der Waals surface area contributed by atoms with Gasteiger partial charge >= 0.3 is 0 Å². The Morgan fingerprint density at radius 3 is 2.12 bits per heavy atom. The van der Waals surface area contributed by atoms with Gasteiger partial charge in [0.05, 0.1) is 0 Å². The average Bonchev–Trinajstić information content (AvgIpc) is 2.13. The summed E-state index contributed by atoms with van der Waals surface area (Å²) in [5.41, 5.74) is 2.28. The zero-order valence-corrected chi connectivity index (χ0v) is 10.2. The van der Waals surface area contributed by atoms with Gasteiger partial charge in [-0.25, -0.2) is 0 Å². The number of hydrogen-bond acceptors (Lipinski definition) is 2. The van der Waals surface area contributed by atoms with Crippen molar-refractivity contribution in [3.63, 3.8) is 0 Å². The lowest BCUT2D eigenvalue weighted by Gasteiger charge is -2.28. The molecule has 2 fully saturated rings. The topological polar surface area (TPSA) is 32.3 Å². The van der Waals surface area contributed by atoms with Crippen molar-refractivity contribution in [1.29, 1.82) is 0 Å². The number of carbonyl (C=O) groups excluding carboxylic acids is 1. The second-order valence-corrected chi connectivity index (χ2v) is 4.89. The van der Waals surface area contributed by atoms with Crippen LogP contribution in [-0.4, -0.2) is 37.0 Å². The van der Waals surface area contributed by atoms with E-state index in [4.69, 9.17) is 0 Å². The quantitative estimate of drug-likeness (QED) is 0.685. The van der Waals surface area contributed by atoms with E-state index in [1.54, 1.807) is 0 Å². The number of likely N-dealkylation sites (tertiary alicyclic amines) is 1. The standard InChI is InChI=1S/C13H22N2O/c1-11(12-9-14-10-12)13(16)15-7-5-3-2-4-6-8-15/h14H,2-10H2,1H3. The van der Waals surface area contributed by atoms with E-state index in [2.05, 4.69) is 10.2 Å². The summed E-state index contributed by atoms with van der Waals surface area (Å²) in [6.07, 6.45) is 6.24. The van der Waals surface area contributed by atoms with E-state index in [1.165, 1.54) is 37.7 Å². The summed E-state index contributed by atoms with van der Waals surface area (Å²) in [6.45, 7) is 5.71. The molecule has 0 aromatic carbocycles. The van der Waals surface area contributed by atoms with E-state index >= 15 is 0 Å². The Kier molecular flexibility index (Phi) is 3.99. The van der Waals surface area contributed by atoms with Gasteiger partial charge in [-0.15, -0.1) is 0 Å². The van der Waals surface area contributed by atoms with Crippen LogP contribution in [0.3, 0.4) is 0 Å². The Bertz CT molecular complexity index is 282. The van der Waals surface area contributed by atoms with Crippen LogP contribution in [0.25, 0.3) is 0 Å². The highest BCUT2D eigenvalue weighted by molar-refractivity contribution is 5.94. The van der Waals surface area contributed by atoms with Crippen LogP contribution in [0.5, 0.6) is 0 Å². The number of nitrogens with one attached hydrogen (secondary N) is 1. The summed E-state index contributed by atoms with van der Waals surface area (Å²) in [6, 6.07) is 0. The maximum absolute atomic E-state index is 12.2. The molecule has 90 valence electrons.